The first-order valence-corrected chi connectivity index (χ1v) is 9.14. The molecule has 0 radical (unpaired) electrons. The molecule has 0 atom stereocenters. The van der Waals surface area contributed by atoms with Crippen LogP contribution in [0.2, 0.25) is 0 Å². The fourth-order valence-corrected chi connectivity index (χ4v) is 3.66. The number of aryl methyl sites for hydroxylation is 4. The van der Waals surface area contributed by atoms with Crippen LogP contribution in [0.3, 0.4) is 0 Å². The molecule has 2 heterocycles. The maximum atomic E-state index is 4.75. The average molecular weight is 336 g/mol. The summed E-state index contributed by atoms with van der Waals surface area (Å²) in [5, 5.41) is 8.39. The fraction of sp³-hybridized carbons (Fsp3) is 0.429. The van der Waals surface area contributed by atoms with Crippen molar-refractivity contribution in [3.05, 3.63) is 46.8 Å². The predicted octanol–water partition coefficient (Wildman–Crippen LogP) is 5.23. The minimum Gasteiger partial charge on any atom is -0.379 e. The molecule has 3 rings (SSSR count). The second kappa shape index (κ2) is 6.87. The Morgan fingerprint density at radius 2 is 1.64 bits per heavy atom. The van der Waals surface area contributed by atoms with Crippen molar-refractivity contribution in [2.24, 2.45) is 0 Å². The molecule has 0 amide bonds. The van der Waals surface area contributed by atoms with Gasteiger partial charge < -0.3 is 5.32 Å². The van der Waals surface area contributed by atoms with E-state index in [2.05, 4.69) is 58.1 Å². The molecule has 132 valence electrons. The number of hydrogen-bond acceptors (Lipinski definition) is 3. The van der Waals surface area contributed by atoms with Gasteiger partial charge in [-0.05, 0) is 57.7 Å². The van der Waals surface area contributed by atoms with Gasteiger partial charge >= 0.3 is 0 Å². The van der Waals surface area contributed by atoms with Crippen molar-refractivity contribution < 1.29 is 0 Å². The largest absolute Gasteiger partial charge is 0.379 e. The molecule has 0 aliphatic heterocycles. The number of hydrogen-bond donors (Lipinski definition) is 1. The summed E-state index contributed by atoms with van der Waals surface area (Å²) in [4.78, 5) is 4.70. The van der Waals surface area contributed by atoms with Crippen LogP contribution in [0.15, 0.2) is 24.4 Å². The van der Waals surface area contributed by atoms with Crippen molar-refractivity contribution in [2.45, 2.75) is 60.4 Å². The molecule has 0 unspecified atom stereocenters. The molecular weight excluding hydrogens is 308 g/mol. The first kappa shape index (κ1) is 17.5. The van der Waals surface area contributed by atoms with Crippen LogP contribution in [0.5, 0.6) is 0 Å². The highest BCUT2D eigenvalue weighted by Gasteiger charge is 2.16. The first-order chi connectivity index (χ1) is 11.9. The maximum Gasteiger partial charge on any atom is 0.177 e. The van der Waals surface area contributed by atoms with E-state index in [0.717, 1.165) is 35.6 Å². The number of nitrogens with one attached hydrogen (secondary N) is 1. The van der Waals surface area contributed by atoms with Gasteiger partial charge in [-0.1, -0.05) is 31.5 Å². The van der Waals surface area contributed by atoms with E-state index >= 15 is 0 Å². The zero-order valence-electron chi connectivity index (χ0n) is 16.1. The van der Waals surface area contributed by atoms with Gasteiger partial charge in [0.2, 0.25) is 0 Å². The second-order valence-electron chi connectivity index (χ2n) is 7.01. The minimum atomic E-state index is 0.452. The highest BCUT2D eigenvalue weighted by molar-refractivity contribution is 5.76. The lowest BCUT2D eigenvalue weighted by Gasteiger charge is -2.17. The van der Waals surface area contributed by atoms with Crippen LogP contribution in [-0.2, 0) is 0 Å². The third-order valence-electron chi connectivity index (χ3n) is 4.87. The van der Waals surface area contributed by atoms with Crippen LogP contribution in [0.4, 0.5) is 5.69 Å². The molecule has 4 heteroatoms. The number of fused-ring (bicyclic) bond motifs is 1. The summed E-state index contributed by atoms with van der Waals surface area (Å²) in [5.41, 5.74) is 9.04. The van der Waals surface area contributed by atoms with Crippen molar-refractivity contribution in [3.63, 3.8) is 0 Å². The van der Waals surface area contributed by atoms with Crippen LogP contribution in [0.1, 0.15) is 49.1 Å². The third kappa shape index (κ3) is 3.26. The SMILES string of the molecule is CCC(CC)Nc1cc(C)nn2c(-c3c(C)cc(C)cc3C)cnc12. The molecule has 0 bridgehead atoms. The Hall–Kier alpha value is -2.36. The van der Waals surface area contributed by atoms with E-state index < -0.39 is 0 Å². The first-order valence-electron chi connectivity index (χ1n) is 9.14. The zero-order chi connectivity index (χ0) is 18.1. The molecule has 4 nitrogen and oxygen atoms in total. The third-order valence-corrected chi connectivity index (χ3v) is 4.87. The Bertz CT molecular complexity index is 881. The lowest BCUT2D eigenvalue weighted by molar-refractivity contribution is 0.671. The van der Waals surface area contributed by atoms with Crippen molar-refractivity contribution in [2.75, 3.05) is 5.32 Å². The summed E-state index contributed by atoms with van der Waals surface area (Å²) in [5.74, 6) is 0. The molecule has 25 heavy (non-hydrogen) atoms. The monoisotopic (exact) mass is 336 g/mol. The topological polar surface area (TPSA) is 42.2 Å². The molecule has 1 aromatic carbocycles. The number of imidazole rings is 1. The molecule has 0 fully saturated rings. The Morgan fingerprint density at radius 3 is 2.24 bits per heavy atom. The molecule has 1 N–H and O–H groups in total. The summed E-state index contributed by atoms with van der Waals surface area (Å²) in [6.07, 6.45) is 4.13. The van der Waals surface area contributed by atoms with E-state index in [4.69, 9.17) is 10.1 Å². The van der Waals surface area contributed by atoms with Crippen LogP contribution in [0, 0.1) is 27.7 Å². The van der Waals surface area contributed by atoms with Gasteiger partial charge in [0, 0.05) is 11.6 Å². The Labute approximate surface area is 150 Å². The molecule has 0 saturated heterocycles. The number of rotatable bonds is 5. The van der Waals surface area contributed by atoms with Crippen LogP contribution < -0.4 is 5.32 Å². The van der Waals surface area contributed by atoms with Gasteiger partial charge in [-0.2, -0.15) is 5.10 Å². The zero-order valence-corrected chi connectivity index (χ0v) is 16.1. The summed E-state index contributed by atoms with van der Waals surface area (Å²) in [7, 11) is 0. The number of benzene rings is 1. The van der Waals surface area contributed by atoms with Crippen molar-refractivity contribution in [3.8, 4) is 11.3 Å². The van der Waals surface area contributed by atoms with Crippen molar-refractivity contribution in [1.82, 2.24) is 14.6 Å². The molecule has 0 spiro atoms. The van der Waals surface area contributed by atoms with Gasteiger partial charge in [0.25, 0.3) is 0 Å². The molecule has 0 aliphatic carbocycles. The van der Waals surface area contributed by atoms with Gasteiger partial charge in [0.1, 0.15) is 0 Å². The van der Waals surface area contributed by atoms with E-state index in [1.54, 1.807) is 0 Å². The van der Waals surface area contributed by atoms with Crippen molar-refractivity contribution >= 4 is 11.3 Å². The highest BCUT2D eigenvalue weighted by atomic mass is 15.3. The van der Waals surface area contributed by atoms with Gasteiger partial charge in [0.05, 0.1) is 23.3 Å². The fourth-order valence-electron chi connectivity index (χ4n) is 3.66. The number of aromatic nitrogens is 3. The normalized spacial score (nSPS) is 11.5. The van der Waals surface area contributed by atoms with Gasteiger partial charge in [-0.3, -0.25) is 0 Å². The standard InChI is InChI=1S/C21H28N4/c1-7-17(8-2)23-18-11-16(6)24-25-19(12-22-21(18)25)20-14(4)9-13(3)10-15(20)5/h9-12,17,23H,7-8H2,1-6H3. The van der Waals surface area contributed by atoms with E-state index in [9.17, 15) is 0 Å². The minimum absolute atomic E-state index is 0.452. The summed E-state index contributed by atoms with van der Waals surface area (Å²) in [6.45, 7) is 12.9. The lowest BCUT2D eigenvalue weighted by atomic mass is 9.98. The summed E-state index contributed by atoms with van der Waals surface area (Å²) in [6, 6.07) is 7.00. The predicted molar refractivity (Wildman–Crippen MR) is 105 cm³/mol. The number of nitrogens with zero attached hydrogens (tertiary/aromatic N) is 3. The molecular formula is C21H28N4. The summed E-state index contributed by atoms with van der Waals surface area (Å²) < 4.78 is 1.99. The molecule has 0 aliphatic rings. The second-order valence-corrected chi connectivity index (χ2v) is 7.01. The molecule has 3 aromatic rings. The van der Waals surface area contributed by atoms with E-state index in [1.165, 1.54) is 22.3 Å². The van der Waals surface area contributed by atoms with E-state index in [0.29, 0.717) is 6.04 Å². The lowest BCUT2D eigenvalue weighted by Crippen LogP contribution is -2.18. The molecule has 0 saturated carbocycles. The van der Waals surface area contributed by atoms with Crippen LogP contribution in [-0.4, -0.2) is 20.6 Å². The van der Waals surface area contributed by atoms with E-state index in [1.807, 2.05) is 17.6 Å². The highest BCUT2D eigenvalue weighted by Crippen LogP contribution is 2.30. The number of anilines is 1. The van der Waals surface area contributed by atoms with Gasteiger partial charge in [-0.25, -0.2) is 9.50 Å². The quantitative estimate of drug-likeness (QED) is 0.693. The van der Waals surface area contributed by atoms with Gasteiger partial charge in [-0.15, -0.1) is 0 Å². The van der Waals surface area contributed by atoms with Gasteiger partial charge in [0.15, 0.2) is 5.65 Å². The average Bonchev–Trinajstić information content (AvgIpc) is 2.95. The maximum absolute atomic E-state index is 4.75. The smallest absolute Gasteiger partial charge is 0.177 e. The summed E-state index contributed by atoms with van der Waals surface area (Å²) >= 11 is 0. The van der Waals surface area contributed by atoms with Crippen LogP contribution >= 0.6 is 0 Å². The molecule has 2 aromatic heterocycles. The van der Waals surface area contributed by atoms with E-state index in [-0.39, 0.29) is 0 Å². The Kier molecular flexibility index (Phi) is 4.80. The Morgan fingerprint density at radius 1 is 1.00 bits per heavy atom. The van der Waals surface area contributed by atoms with Crippen molar-refractivity contribution in [1.29, 1.82) is 0 Å². The van der Waals surface area contributed by atoms with Crippen LogP contribution in [0.25, 0.3) is 16.9 Å². The Balaban J connectivity index is 2.19.